The van der Waals surface area contributed by atoms with Crippen LogP contribution in [0.15, 0.2) is 18.3 Å². The van der Waals surface area contributed by atoms with E-state index >= 15 is 0 Å². The smallest absolute Gasteiger partial charge is 0.422 e. The summed E-state index contributed by atoms with van der Waals surface area (Å²) in [4.78, 5) is 17.7. The molecule has 0 aliphatic carbocycles. The van der Waals surface area contributed by atoms with Crippen molar-refractivity contribution in [2.24, 2.45) is 0 Å². The van der Waals surface area contributed by atoms with Crippen LogP contribution in [0.1, 0.15) is 16.8 Å². The Morgan fingerprint density at radius 3 is 2.62 bits per heavy atom. The van der Waals surface area contributed by atoms with Crippen LogP contribution in [0.2, 0.25) is 0 Å². The lowest BCUT2D eigenvalue weighted by atomic mass is 9.82. The Morgan fingerprint density at radius 1 is 1.43 bits per heavy atom. The molecule has 3 heterocycles. The summed E-state index contributed by atoms with van der Waals surface area (Å²) in [5.41, 5.74) is 0.156. The van der Waals surface area contributed by atoms with Crippen LogP contribution < -0.4 is 4.74 Å². The lowest BCUT2D eigenvalue weighted by Gasteiger charge is -2.57. The van der Waals surface area contributed by atoms with Gasteiger partial charge >= 0.3 is 6.18 Å². The largest absolute Gasteiger partial charge is 0.468 e. The zero-order valence-corrected chi connectivity index (χ0v) is 11.0. The van der Waals surface area contributed by atoms with E-state index in [-0.39, 0.29) is 17.3 Å². The zero-order valence-electron chi connectivity index (χ0n) is 11.0. The SMILES string of the molecule is O=C(c1ccc(OCC(F)(F)F)nc1)N1CCC12COC2. The van der Waals surface area contributed by atoms with Crippen LogP contribution in [0.3, 0.4) is 0 Å². The summed E-state index contributed by atoms with van der Waals surface area (Å²) in [6.07, 6.45) is -2.26. The van der Waals surface area contributed by atoms with Gasteiger partial charge in [-0.3, -0.25) is 4.79 Å². The lowest BCUT2D eigenvalue weighted by molar-refractivity contribution is -0.172. The first-order chi connectivity index (χ1) is 9.90. The zero-order chi connectivity index (χ0) is 15.1. The molecule has 1 aromatic heterocycles. The Balaban J connectivity index is 1.63. The molecule has 0 unspecified atom stereocenters. The van der Waals surface area contributed by atoms with Crippen LogP contribution in [0.4, 0.5) is 13.2 Å². The predicted molar refractivity (Wildman–Crippen MR) is 65.0 cm³/mol. The van der Waals surface area contributed by atoms with Gasteiger partial charge in [0.05, 0.1) is 24.3 Å². The van der Waals surface area contributed by atoms with Crippen molar-refractivity contribution in [3.05, 3.63) is 23.9 Å². The van der Waals surface area contributed by atoms with Crippen molar-refractivity contribution in [3.63, 3.8) is 0 Å². The molecule has 0 N–H and O–H groups in total. The molecule has 1 amide bonds. The summed E-state index contributed by atoms with van der Waals surface area (Å²) in [5.74, 6) is -0.339. The molecule has 0 aromatic carbocycles. The van der Waals surface area contributed by atoms with Crippen molar-refractivity contribution in [3.8, 4) is 5.88 Å². The number of rotatable bonds is 3. The van der Waals surface area contributed by atoms with Gasteiger partial charge < -0.3 is 14.4 Å². The molecular formula is C13H13F3N2O3. The second-order valence-electron chi connectivity index (χ2n) is 5.21. The summed E-state index contributed by atoms with van der Waals surface area (Å²) >= 11 is 0. The van der Waals surface area contributed by atoms with Crippen molar-refractivity contribution >= 4 is 5.91 Å². The van der Waals surface area contributed by atoms with E-state index in [0.717, 1.165) is 6.42 Å². The molecule has 2 aliphatic rings. The molecule has 1 aromatic rings. The fourth-order valence-corrected chi connectivity index (χ4v) is 2.40. The van der Waals surface area contributed by atoms with Gasteiger partial charge in [-0.2, -0.15) is 13.2 Å². The maximum Gasteiger partial charge on any atom is 0.422 e. The highest BCUT2D eigenvalue weighted by atomic mass is 19.4. The maximum atomic E-state index is 12.3. The molecule has 0 radical (unpaired) electrons. The van der Waals surface area contributed by atoms with Gasteiger partial charge in [-0.1, -0.05) is 0 Å². The number of hydrogen-bond donors (Lipinski definition) is 0. The minimum Gasteiger partial charge on any atom is -0.468 e. The number of nitrogens with zero attached hydrogens (tertiary/aromatic N) is 2. The Hall–Kier alpha value is -1.83. The van der Waals surface area contributed by atoms with Crippen molar-refractivity contribution in [1.29, 1.82) is 0 Å². The van der Waals surface area contributed by atoms with E-state index in [1.807, 2.05) is 0 Å². The number of pyridine rings is 1. The van der Waals surface area contributed by atoms with Gasteiger partial charge in [0.25, 0.3) is 5.91 Å². The topological polar surface area (TPSA) is 51.7 Å². The monoisotopic (exact) mass is 302 g/mol. The van der Waals surface area contributed by atoms with Crippen molar-refractivity contribution in [2.45, 2.75) is 18.1 Å². The first-order valence-electron chi connectivity index (χ1n) is 6.45. The number of alkyl halides is 3. The molecule has 2 fully saturated rings. The highest BCUT2D eigenvalue weighted by molar-refractivity contribution is 5.95. The molecule has 8 heteroatoms. The molecule has 114 valence electrons. The predicted octanol–water partition coefficient (Wildman–Crippen LogP) is 1.64. The Kier molecular flexibility index (Phi) is 3.27. The summed E-state index contributed by atoms with van der Waals surface area (Å²) < 4.78 is 45.7. The lowest BCUT2D eigenvalue weighted by Crippen LogP contribution is -2.72. The number of ether oxygens (including phenoxy) is 2. The number of halogens is 3. The highest BCUT2D eigenvalue weighted by Crippen LogP contribution is 2.38. The molecule has 5 nitrogen and oxygen atoms in total. The minimum absolute atomic E-state index is 0.158. The third-order valence-corrected chi connectivity index (χ3v) is 3.73. The van der Waals surface area contributed by atoms with Crippen molar-refractivity contribution in [1.82, 2.24) is 9.88 Å². The molecule has 0 saturated carbocycles. The van der Waals surface area contributed by atoms with Crippen LogP contribution in [0.5, 0.6) is 5.88 Å². The van der Waals surface area contributed by atoms with E-state index in [4.69, 9.17) is 4.74 Å². The van der Waals surface area contributed by atoms with Crippen molar-refractivity contribution in [2.75, 3.05) is 26.4 Å². The third kappa shape index (κ3) is 2.67. The summed E-state index contributed by atoms with van der Waals surface area (Å²) in [5, 5.41) is 0. The molecule has 2 saturated heterocycles. The fourth-order valence-electron chi connectivity index (χ4n) is 2.40. The second-order valence-corrected chi connectivity index (χ2v) is 5.21. The number of likely N-dealkylation sites (tertiary alicyclic amines) is 1. The van der Waals surface area contributed by atoms with Gasteiger partial charge in [0.15, 0.2) is 6.61 Å². The average Bonchev–Trinajstić information content (AvgIpc) is 2.33. The van der Waals surface area contributed by atoms with Crippen LogP contribution in [-0.4, -0.2) is 53.9 Å². The number of carbonyl (C=O) groups is 1. The van der Waals surface area contributed by atoms with E-state index < -0.39 is 12.8 Å². The Morgan fingerprint density at radius 2 is 2.19 bits per heavy atom. The quantitative estimate of drug-likeness (QED) is 0.852. The van der Waals surface area contributed by atoms with Gasteiger partial charge in [0.1, 0.15) is 0 Å². The van der Waals surface area contributed by atoms with Crippen LogP contribution in [0.25, 0.3) is 0 Å². The molecule has 2 aliphatic heterocycles. The van der Waals surface area contributed by atoms with Crippen LogP contribution >= 0.6 is 0 Å². The van der Waals surface area contributed by atoms with Crippen LogP contribution in [-0.2, 0) is 4.74 Å². The fraction of sp³-hybridized carbons (Fsp3) is 0.538. The molecule has 0 atom stereocenters. The number of amides is 1. The standard InChI is InChI=1S/C13H13F3N2O3/c14-13(15,16)8-21-10-2-1-9(5-17-10)11(19)18-4-3-12(18)6-20-7-12/h1-2,5H,3-4,6-8H2. The Bertz CT molecular complexity index is 535. The normalized spacial score (nSPS) is 19.9. The number of carbonyl (C=O) groups excluding carboxylic acids is 1. The van der Waals surface area contributed by atoms with Crippen LogP contribution in [0, 0.1) is 0 Å². The third-order valence-electron chi connectivity index (χ3n) is 3.73. The van der Waals surface area contributed by atoms with Crippen molar-refractivity contribution < 1.29 is 27.4 Å². The van der Waals surface area contributed by atoms with Gasteiger partial charge in [-0.05, 0) is 12.5 Å². The average molecular weight is 302 g/mol. The number of hydrogen-bond acceptors (Lipinski definition) is 4. The minimum atomic E-state index is -4.41. The molecular weight excluding hydrogens is 289 g/mol. The molecule has 3 rings (SSSR count). The second kappa shape index (κ2) is 4.87. The number of aromatic nitrogens is 1. The molecule has 1 spiro atoms. The first-order valence-corrected chi connectivity index (χ1v) is 6.45. The highest BCUT2D eigenvalue weighted by Gasteiger charge is 2.53. The van der Waals surface area contributed by atoms with Gasteiger partial charge in [0, 0.05) is 18.8 Å². The molecule has 21 heavy (non-hydrogen) atoms. The van der Waals surface area contributed by atoms with Gasteiger partial charge in [-0.25, -0.2) is 4.98 Å². The summed E-state index contributed by atoms with van der Waals surface area (Å²) in [6.45, 7) is 0.340. The van der Waals surface area contributed by atoms with Gasteiger partial charge in [-0.15, -0.1) is 0 Å². The van der Waals surface area contributed by atoms with E-state index in [1.165, 1.54) is 18.3 Å². The van der Waals surface area contributed by atoms with E-state index in [0.29, 0.717) is 25.3 Å². The Labute approximate surface area is 118 Å². The first kappa shape index (κ1) is 14.1. The van der Waals surface area contributed by atoms with E-state index in [9.17, 15) is 18.0 Å². The van der Waals surface area contributed by atoms with E-state index in [1.54, 1.807) is 4.90 Å². The summed E-state index contributed by atoms with van der Waals surface area (Å²) in [7, 11) is 0. The maximum absolute atomic E-state index is 12.3. The van der Waals surface area contributed by atoms with Gasteiger partial charge in [0.2, 0.25) is 5.88 Å². The summed E-state index contributed by atoms with van der Waals surface area (Å²) in [6, 6.07) is 2.69. The molecule has 0 bridgehead atoms. The van der Waals surface area contributed by atoms with E-state index in [2.05, 4.69) is 9.72 Å².